The molecule has 0 spiro atoms. The summed E-state index contributed by atoms with van der Waals surface area (Å²) in [6, 6.07) is 6.81. The quantitative estimate of drug-likeness (QED) is 0.771. The molecule has 3 heteroatoms. The van der Waals surface area contributed by atoms with Crippen molar-refractivity contribution < 1.29 is 0 Å². The number of hydrogen-bond acceptors (Lipinski definition) is 2. The van der Waals surface area contributed by atoms with E-state index in [9.17, 15) is 0 Å². The van der Waals surface area contributed by atoms with Gasteiger partial charge in [0.15, 0.2) is 0 Å². The van der Waals surface area contributed by atoms with Gasteiger partial charge < -0.3 is 10.2 Å². The maximum Gasteiger partial charge on any atom is 0.0377 e. The monoisotopic (exact) mass is 338 g/mol. The van der Waals surface area contributed by atoms with Crippen LogP contribution in [0.2, 0.25) is 0 Å². The van der Waals surface area contributed by atoms with Gasteiger partial charge >= 0.3 is 0 Å². The van der Waals surface area contributed by atoms with Crippen molar-refractivity contribution in [2.45, 2.75) is 40.2 Å². The minimum atomic E-state index is 0.793. The number of anilines is 1. The molecule has 0 bridgehead atoms. The molecule has 1 aromatic carbocycles. The van der Waals surface area contributed by atoms with Gasteiger partial charge in [0.05, 0.1) is 0 Å². The van der Waals surface area contributed by atoms with Crippen LogP contribution in [0.15, 0.2) is 22.7 Å². The van der Waals surface area contributed by atoms with E-state index in [1.807, 2.05) is 0 Å². The Hall–Kier alpha value is -0.540. The van der Waals surface area contributed by atoms with Crippen LogP contribution in [-0.4, -0.2) is 19.6 Å². The molecule has 1 N–H and O–H groups in total. The summed E-state index contributed by atoms with van der Waals surface area (Å²) in [4.78, 5) is 2.53. The zero-order chi connectivity index (χ0) is 14.5. The van der Waals surface area contributed by atoms with Crippen molar-refractivity contribution in [2.24, 2.45) is 11.8 Å². The Kier molecular flexibility index (Phi) is 5.91. The summed E-state index contributed by atoms with van der Waals surface area (Å²) in [7, 11) is 0. The van der Waals surface area contributed by atoms with Gasteiger partial charge in [-0.25, -0.2) is 0 Å². The van der Waals surface area contributed by atoms with Crippen LogP contribution < -0.4 is 10.2 Å². The molecule has 1 saturated heterocycles. The van der Waals surface area contributed by atoms with E-state index in [2.05, 4.69) is 65.1 Å². The standard InChI is InChI=1S/C17H27BrN2/c1-4-8-19-11-14-5-6-16(10-17(14)18)20-9-7-15(12-20)13(2)3/h5-6,10,13,15,19H,4,7-9,11-12H2,1-3H3. The lowest BCUT2D eigenvalue weighted by atomic mass is 9.95. The third-order valence-corrected chi connectivity index (χ3v) is 5.05. The van der Waals surface area contributed by atoms with Gasteiger partial charge in [0.25, 0.3) is 0 Å². The molecule has 1 fully saturated rings. The first-order chi connectivity index (χ1) is 9.61. The van der Waals surface area contributed by atoms with Crippen molar-refractivity contribution in [1.82, 2.24) is 5.32 Å². The highest BCUT2D eigenvalue weighted by Crippen LogP contribution is 2.30. The molecule has 2 nitrogen and oxygen atoms in total. The van der Waals surface area contributed by atoms with Crippen LogP contribution >= 0.6 is 15.9 Å². The maximum atomic E-state index is 3.72. The van der Waals surface area contributed by atoms with Crippen molar-refractivity contribution in [1.29, 1.82) is 0 Å². The predicted molar refractivity (Wildman–Crippen MR) is 91.3 cm³/mol. The summed E-state index contributed by atoms with van der Waals surface area (Å²) in [5, 5.41) is 3.46. The van der Waals surface area contributed by atoms with E-state index in [1.165, 1.54) is 41.7 Å². The molecule has 1 unspecified atom stereocenters. The Morgan fingerprint density at radius 2 is 2.20 bits per heavy atom. The van der Waals surface area contributed by atoms with E-state index < -0.39 is 0 Å². The second kappa shape index (κ2) is 7.46. The Labute approximate surface area is 132 Å². The zero-order valence-electron chi connectivity index (χ0n) is 13.0. The molecule has 1 atom stereocenters. The van der Waals surface area contributed by atoms with E-state index in [4.69, 9.17) is 0 Å². The van der Waals surface area contributed by atoms with Gasteiger partial charge in [-0.2, -0.15) is 0 Å². The van der Waals surface area contributed by atoms with Crippen LogP contribution in [0.1, 0.15) is 39.2 Å². The third-order valence-electron chi connectivity index (χ3n) is 4.31. The molecule has 20 heavy (non-hydrogen) atoms. The summed E-state index contributed by atoms with van der Waals surface area (Å²) in [6.07, 6.45) is 2.51. The molecule has 1 aromatic rings. The maximum absolute atomic E-state index is 3.72. The summed E-state index contributed by atoms with van der Waals surface area (Å²) in [5.41, 5.74) is 2.71. The summed E-state index contributed by atoms with van der Waals surface area (Å²) in [6.45, 7) is 11.3. The van der Waals surface area contributed by atoms with E-state index in [0.29, 0.717) is 0 Å². The summed E-state index contributed by atoms with van der Waals surface area (Å²) < 4.78 is 1.23. The van der Waals surface area contributed by atoms with E-state index in [0.717, 1.165) is 24.9 Å². The molecule has 0 radical (unpaired) electrons. The van der Waals surface area contributed by atoms with Gasteiger partial charge in [-0.1, -0.05) is 42.8 Å². The SMILES string of the molecule is CCCNCc1ccc(N2CCC(C(C)C)C2)cc1Br. The van der Waals surface area contributed by atoms with Gasteiger partial charge in [0.2, 0.25) is 0 Å². The summed E-state index contributed by atoms with van der Waals surface area (Å²) >= 11 is 3.72. The molecule has 1 heterocycles. The molecular formula is C17H27BrN2. The summed E-state index contributed by atoms with van der Waals surface area (Å²) in [5.74, 6) is 1.64. The highest BCUT2D eigenvalue weighted by molar-refractivity contribution is 9.10. The zero-order valence-corrected chi connectivity index (χ0v) is 14.5. The second-order valence-corrected chi connectivity index (χ2v) is 7.05. The minimum absolute atomic E-state index is 0.793. The highest BCUT2D eigenvalue weighted by atomic mass is 79.9. The lowest BCUT2D eigenvalue weighted by molar-refractivity contribution is 0.423. The number of rotatable bonds is 6. The average molecular weight is 339 g/mol. The van der Waals surface area contributed by atoms with Crippen LogP contribution in [0.4, 0.5) is 5.69 Å². The Morgan fingerprint density at radius 1 is 1.40 bits per heavy atom. The normalized spacial score (nSPS) is 19.1. The first-order valence-electron chi connectivity index (χ1n) is 7.86. The molecule has 0 aromatic heterocycles. The molecule has 112 valence electrons. The number of nitrogens with one attached hydrogen (secondary N) is 1. The Morgan fingerprint density at radius 3 is 2.80 bits per heavy atom. The fourth-order valence-electron chi connectivity index (χ4n) is 2.84. The van der Waals surface area contributed by atoms with E-state index >= 15 is 0 Å². The van der Waals surface area contributed by atoms with Crippen LogP contribution in [0, 0.1) is 11.8 Å². The van der Waals surface area contributed by atoms with Gasteiger partial charge in [-0.15, -0.1) is 0 Å². The fourth-order valence-corrected chi connectivity index (χ4v) is 3.35. The third kappa shape index (κ3) is 3.98. The van der Waals surface area contributed by atoms with Crippen molar-refractivity contribution in [2.75, 3.05) is 24.5 Å². The van der Waals surface area contributed by atoms with Crippen molar-refractivity contribution in [3.63, 3.8) is 0 Å². The van der Waals surface area contributed by atoms with Gasteiger partial charge in [-0.3, -0.25) is 0 Å². The molecule has 1 aliphatic heterocycles. The highest BCUT2D eigenvalue weighted by Gasteiger charge is 2.25. The van der Waals surface area contributed by atoms with E-state index in [-0.39, 0.29) is 0 Å². The second-order valence-electron chi connectivity index (χ2n) is 6.19. The first-order valence-corrected chi connectivity index (χ1v) is 8.65. The topological polar surface area (TPSA) is 15.3 Å². The Bertz CT molecular complexity index is 431. The van der Waals surface area contributed by atoms with Gasteiger partial charge in [0, 0.05) is 29.8 Å². The van der Waals surface area contributed by atoms with Crippen molar-refractivity contribution in [3.05, 3.63) is 28.2 Å². The largest absolute Gasteiger partial charge is 0.371 e. The number of hydrogen-bond donors (Lipinski definition) is 1. The van der Waals surface area contributed by atoms with Gasteiger partial charge in [-0.05, 0) is 48.9 Å². The molecule has 0 saturated carbocycles. The molecule has 2 rings (SSSR count). The molecule has 1 aliphatic rings. The van der Waals surface area contributed by atoms with Crippen LogP contribution in [0.3, 0.4) is 0 Å². The number of nitrogens with zero attached hydrogens (tertiary/aromatic N) is 1. The van der Waals surface area contributed by atoms with Gasteiger partial charge in [0.1, 0.15) is 0 Å². The lowest BCUT2D eigenvalue weighted by Gasteiger charge is -2.21. The smallest absolute Gasteiger partial charge is 0.0377 e. The molecular weight excluding hydrogens is 312 g/mol. The Balaban J connectivity index is 1.98. The molecule has 0 aliphatic carbocycles. The van der Waals surface area contributed by atoms with Crippen LogP contribution in [0.5, 0.6) is 0 Å². The fraction of sp³-hybridized carbons (Fsp3) is 0.647. The predicted octanol–water partition coefficient (Wildman–Crippen LogP) is 4.43. The first kappa shape index (κ1) is 15.8. The van der Waals surface area contributed by atoms with Crippen LogP contribution in [-0.2, 0) is 6.54 Å². The van der Waals surface area contributed by atoms with Crippen molar-refractivity contribution >= 4 is 21.6 Å². The lowest BCUT2D eigenvalue weighted by Crippen LogP contribution is -2.21. The molecule has 0 amide bonds. The minimum Gasteiger partial charge on any atom is -0.371 e. The van der Waals surface area contributed by atoms with Crippen LogP contribution in [0.25, 0.3) is 0 Å². The number of benzene rings is 1. The van der Waals surface area contributed by atoms with E-state index in [1.54, 1.807) is 0 Å². The number of halogens is 1. The average Bonchev–Trinajstić information content (AvgIpc) is 2.90. The van der Waals surface area contributed by atoms with Crippen molar-refractivity contribution in [3.8, 4) is 0 Å².